The molecule has 0 saturated heterocycles. The van der Waals surface area contributed by atoms with E-state index in [1.54, 1.807) is 23.9 Å². The Hall–Kier alpha value is -2.33. The van der Waals surface area contributed by atoms with Crippen LogP contribution in [0.15, 0.2) is 30.5 Å². The minimum Gasteiger partial charge on any atom is -0.406 e. The largest absolute Gasteiger partial charge is 0.573 e. The standard InChI is InChI=1S/C14H13F3N4O2S/c1-22-6-5-18-12-20-21-8-11(19-13(21)24-12)9-3-2-4-10(7-9)23-14(15,16)17/h2-4,7-8H,5-6H2,1H3,(H,18,20). The molecule has 0 atom stereocenters. The van der Waals surface area contributed by atoms with Crippen LogP contribution in [0.3, 0.4) is 0 Å². The van der Waals surface area contributed by atoms with Gasteiger partial charge in [-0.3, -0.25) is 0 Å². The van der Waals surface area contributed by atoms with Crippen LogP contribution in [0.5, 0.6) is 5.75 Å². The zero-order valence-corrected chi connectivity index (χ0v) is 13.3. The Morgan fingerprint density at radius 2 is 2.17 bits per heavy atom. The van der Waals surface area contributed by atoms with E-state index >= 15 is 0 Å². The van der Waals surface area contributed by atoms with E-state index in [4.69, 9.17) is 4.74 Å². The number of aromatic nitrogens is 3. The second-order valence-corrected chi connectivity index (χ2v) is 5.71. The first-order valence-corrected chi connectivity index (χ1v) is 7.71. The summed E-state index contributed by atoms with van der Waals surface area (Å²) >= 11 is 1.34. The maximum Gasteiger partial charge on any atom is 0.573 e. The van der Waals surface area contributed by atoms with Crippen LogP contribution < -0.4 is 10.1 Å². The molecule has 0 unspecified atom stereocenters. The van der Waals surface area contributed by atoms with Crippen LogP contribution >= 0.6 is 11.3 Å². The summed E-state index contributed by atoms with van der Waals surface area (Å²) in [6, 6.07) is 5.67. The monoisotopic (exact) mass is 358 g/mol. The maximum absolute atomic E-state index is 12.3. The first kappa shape index (κ1) is 16.5. The molecule has 0 spiro atoms. The lowest BCUT2D eigenvalue weighted by Gasteiger charge is -2.09. The number of rotatable bonds is 6. The van der Waals surface area contributed by atoms with E-state index in [2.05, 4.69) is 20.1 Å². The van der Waals surface area contributed by atoms with Crippen molar-refractivity contribution >= 4 is 21.4 Å². The van der Waals surface area contributed by atoms with Crippen LogP contribution in [-0.4, -0.2) is 41.2 Å². The summed E-state index contributed by atoms with van der Waals surface area (Å²) in [5, 5.41) is 8.09. The van der Waals surface area contributed by atoms with Crippen molar-refractivity contribution < 1.29 is 22.6 Å². The van der Waals surface area contributed by atoms with E-state index in [1.165, 1.54) is 29.5 Å². The lowest BCUT2D eigenvalue weighted by Crippen LogP contribution is -2.17. The van der Waals surface area contributed by atoms with Crippen LogP contribution in [0.25, 0.3) is 16.2 Å². The fourth-order valence-electron chi connectivity index (χ4n) is 2.02. The van der Waals surface area contributed by atoms with Crippen molar-refractivity contribution in [3.63, 3.8) is 0 Å². The van der Waals surface area contributed by atoms with E-state index in [-0.39, 0.29) is 5.75 Å². The Labute approximate surface area is 138 Å². The van der Waals surface area contributed by atoms with E-state index in [0.29, 0.717) is 34.5 Å². The van der Waals surface area contributed by atoms with Gasteiger partial charge in [-0.1, -0.05) is 23.5 Å². The molecule has 0 aliphatic heterocycles. The molecule has 24 heavy (non-hydrogen) atoms. The molecule has 0 aliphatic carbocycles. The molecule has 0 amide bonds. The molecule has 2 heterocycles. The van der Waals surface area contributed by atoms with Gasteiger partial charge in [-0.05, 0) is 12.1 Å². The van der Waals surface area contributed by atoms with E-state index in [1.807, 2.05) is 0 Å². The van der Waals surface area contributed by atoms with Crippen LogP contribution in [0.2, 0.25) is 0 Å². The Kier molecular flexibility index (Phi) is 4.58. The number of fused-ring (bicyclic) bond motifs is 1. The predicted molar refractivity (Wildman–Crippen MR) is 83.3 cm³/mol. The predicted octanol–water partition coefficient (Wildman–Crippen LogP) is 3.41. The second-order valence-electron chi connectivity index (χ2n) is 4.76. The second kappa shape index (κ2) is 6.65. The van der Waals surface area contributed by atoms with Gasteiger partial charge in [-0.25, -0.2) is 9.50 Å². The summed E-state index contributed by atoms with van der Waals surface area (Å²) < 4.78 is 47.3. The Balaban J connectivity index is 1.79. The molecule has 128 valence electrons. The number of nitrogens with one attached hydrogen (secondary N) is 1. The van der Waals surface area contributed by atoms with Gasteiger partial charge in [0.1, 0.15) is 5.75 Å². The van der Waals surface area contributed by atoms with Crippen molar-refractivity contribution in [1.82, 2.24) is 14.6 Å². The van der Waals surface area contributed by atoms with Crippen LogP contribution in [0.1, 0.15) is 0 Å². The molecule has 3 rings (SSSR count). The molecule has 1 N–H and O–H groups in total. The summed E-state index contributed by atoms with van der Waals surface area (Å²) in [6.45, 7) is 1.18. The quantitative estimate of drug-likeness (QED) is 0.684. The van der Waals surface area contributed by atoms with Gasteiger partial charge in [0.2, 0.25) is 10.1 Å². The summed E-state index contributed by atoms with van der Waals surface area (Å²) in [7, 11) is 1.61. The molecular formula is C14H13F3N4O2S. The molecule has 0 aliphatic rings. The highest BCUT2D eigenvalue weighted by Gasteiger charge is 2.31. The number of hydrogen-bond donors (Lipinski definition) is 1. The SMILES string of the molecule is COCCNc1nn2cc(-c3cccc(OC(F)(F)F)c3)nc2s1. The van der Waals surface area contributed by atoms with E-state index < -0.39 is 6.36 Å². The molecule has 0 bridgehead atoms. The molecule has 0 saturated carbocycles. The number of imidazole rings is 1. The first-order chi connectivity index (χ1) is 11.4. The average Bonchev–Trinajstić information content (AvgIpc) is 3.04. The maximum atomic E-state index is 12.3. The van der Waals surface area contributed by atoms with Gasteiger partial charge in [0, 0.05) is 19.2 Å². The zero-order valence-electron chi connectivity index (χ0n) is 12.5. The summed E-state index contributed by atoms with van der Waals surface area (Å²) in [5.74, 6) is -0.286. The van der Waals surface area contributed by atoms with Gasteiger partial charge in [0.25, 0.3) is 0 Å². The average molecular weight is 358 g/mol. The lowest BCUT2D eigenvalue weighted by molar-refractivity contribution is -0.274. The van der Waals surface area contributed by atoms with Gasteiger partial charge in [0.05, 0.1) is 18.5 Å². The number of halogens is 3. The smallest absolute Gasteiger partial charge is 0.406 e. The third-order valence-electron chi connectivity index (χ3n) is 2.99. The van der Waals surface area contributed by atoms with Gasteiger partial charge < -0.3 is 14.8 Å². The molecule has 6 nitrogen and oxygen atoms in total. The van der Waals surface area contributed by atoms with Crippen molar-refractivity contribution in [3.05, 3.63) is 30.5 Å². The number of benzene rings is 1. The van der Waals surface area contributed by atoms with Crippen LogP contribution in [-0.2, 0) is 4.74 Å². The minimum atomic E-state index is -4.72. The molecule has 2 aromatic heterocycles. The Bertz CT molecular complexity index is 799. The van der Waals surface area contributed by atoms with Crippen LogP contribution in [0.4, 0.5) is 18.3 Å². The van der Waals surface area contributed by atoms with Crippen molar-refractivity contribution in [2.24, 2.45) is 0 Å². The molecule has 10 heteroatoms. The lowest BCUT2D eigenvalue weighted by atomic mass is 10.1. The third-order valence-corrected chi connectivity index (χ3v) is 3.87. The highest BCUT2D eigenvalue weighted by atomic mass is 32.1. The molecular weight excluding hydrogens is 345 g/mol. The first-order valence-electron chi connectivity index (χ1n) is 6.90. The summed E-state index contributed by atoms with van der Waals surface area (Å²) in [5.41, 5.74) is 1.04. The molecule has 0 radical (unpaired) electrons. The highest BCUT2D eigenvalue weighted by molar-refractivity contribution is 7.20. The minimum absolute atomic E-state index is 0.286. The number of ether oxygens (including phenoxy) is 2. The van der Waals surface area contributed by atoms with Gasteiger partial charge in [-0.15, -0.1) is 18.3 Å². The molecule has 1 aromatic carbocycles. The Morgan fingerprint density at radius 1 is 1.33 bits per heavy atom. The Morgan fingerprint density at radius 3 is 2.88 bits per heavy atom. The van der Waals surface area contributed by atoms with Crippen molar-refractivity contribution in [2.45, 2.75) is 6.36 Å². The van der Waals surface area contributed by atoms with Gasteiger partial charge in [0.15, 0.2) is 0 Å². The van der Waals surface area contributed by atoms with Crippen molar-refractivity contribution in [3.8, 4) is 17.0 Å². The van der Waals surface area contributed by atoms with E-state index in [9.17, 15) is 13.2 Å². The zero-order chi connectivity index (χ0) is 17.2. The van der Waals surface area contributed by atoms with Gasteiger partial charge in [-0.2, -0.15) is 0 Å². The summed E-state index contributed by atoms with van der Waals surface area (Å²) in [6.07, 6.45) is -3.07. The van der Waals surface area contributed by atoms with Crippen molar-refractivity contribution in [2.75, 3.05) is 25.6 Å². The number of hydrogen-bond acceptors (Lipinski definition) is 6. The number of nitrogens with zero attached hydrogens (tertiary/aromatic N) is 3. The fourth-order valence-corrected chi connectivity index (χ4v) is 2.83. The van der Waals surface area contributed by atoms with Crippen molar-refractivity contribution in [1.29, 1.82) is 0 Å². The topological polar surface area (TPSA) is 60.7 Å². The normalized spacial score (nSPS) is 11.8. The van der Waals surface area contributed by atoms with E-state index in [0.717, 1.165) is 0 Å². The number of methoxy groups -OCH3 is 1. The van der Waals surface area contributed by atoms with Gasteiger partial charge >= 0.3 is 6.36 Å². The fraction of sp³-hybridized carbons (Fsp3) is 0.286. The number of anilines is 1. The summed E-state index contributed by atoms with van der Waals surface area (Å²) in [4.78, 5) is 5.01. The highest BCUT2D eigenvalue weighted by Crippen LogP contribution is 2.29. The molecule has 3 aromatic rings. The molecule has 0 fully saturated rings. The van der Waals surface area contributed by atoms with Crippen LogP contribution in [0, 0.1) is 0 Å². The number of alkyl halides is 3. The third kappa shape index (κ3) is 3.95.